The Morgan fingerprint density at radius 1 is 0.818 bits per heavy atom. The molecule has 0 saturated heterocycles. The summed E-state index contributed by atoms with van der Waals surface area (Å²) in [6.07, 6.45) is 18.5. The van der Waals surface area contributed by atoms with E-state index >= 15 is 0 Å². The second kappa shape index (κ2) is 16.6. The van der Waals surface area contributed by atoms with E-state index in [4.69, 9.17) is 4.74 Å². The zero-order chi connectivity index (χ0) is 16.5. The van der Waals surface area contributed by atoms with E-state index in [0.717, 1.165) is 25.7 Å². The summed E-state index contributed by atoms with van der Waals surface area (Å²) in [5, 5.41) is 0. The van der Waals surface area contributed by atoms with E-state index in [0.29, 0.717) is 0 Å². The minimum Gasteiger partial charge on any atom is -0.435 e. The first kappa shape index (κ1) is 21.2. The van der Waals surface area contributed by atoms with E-state index in [9.17, 15) is 4.79 Å². The molecule has 2 nitrogen and oxygen atoms in total. The lowest BCUT2D eigenvalue weighted by Gasteiger charge is -2.14. The number of carbonyl (C=O) groups excluding carboxylic acids is 1. The predicted octanol–water partition coefficient (Wildman–Crippen LogP) is 6.79. The Kier molecular flexibility index (Phi) is 16.0. The molecule has 0 aromatic heterocycles. The predicted molar refractivity (Wildman–Crippen MR) is 95.8 cm³/mol. The lowest BCUT2D eigenvalue weighted by molar-refractivity contribution is -0.143. The van der Waals surface area contributed by atoms with Crippen molar-refractivity contribution >= 4 is 5.97 Å². The molecule has 0 heterocycles. The second-order valence-corrected chi connectivity index (χ2v) is 6.41. The van der Waals surface area contributed by atoms with Gasteiger partial charge < -0.3 is 4.74 Å². The third-order valence-corrected chi connectivity index (χ3v) is 4.35. The molecule has 0 saturated carbocycles. The summed E-state index contributed by atoms with van der Waals surface area (Å²) in [6, 6.07) is 0. The second-order valence-electron chi connectivity index (χ2n) is 6.41. The maximum Gasteiger partial charge on any atom is 0.313 e. The van der Waals surface area contributed by atoms with Crippen LogP contribution in [0.25, 0.3) is 0 Å². The average molecular weight is 311 g/mol. The molecular formula is C20H38O2. The van der Waals surface area contributed by atoms with Gasteiger partial charge in [-0.2, -0.15) is 0 Å². The first-order valence-corrected chi connectivity index (χ1v) is 9.57. The van der Waals surface area contributed by atoms with Crippen LogP contribution in [0.2, 0.25) is 0 Å². The van der Waals surface area contributed by atoms with Crippen LogP contribution in [0.15, 0.2) is 12.8 Å². The van der Waals surface area contributed by atoms with E-state index in [-0.39, 0.29) is 11.9 Å². The number of ether oxygens (including phenoxy) is 1. The van der Waals surface area contributed by atoms with Crippen molar-refractivity contribution in [2.45, 2.75) is 104 Å². The van der Waals surface area contributed by atoms with E-state index < -0.39 is 0 Å². The van der Waals surface area contributed by atoms with Crippen molar-refractivity contribution in [3.63, 3.8) is 0 Å². The zero-order valence-electron chi connectivity index (χ0n) is 15.1. The smallest absolute Gasteiger partial charge is 0.313 e. The molecule has 0 radical (unpaired) electrons. The van der Waals surface area contributed by atoms with Gasteiger partial charge in [-0.3, -0.25) is 4.79 Å². The topological polar surface area (TPSA) is 26.3 Å². The van der Waals surface area contributed by atoms with Gasteiger partial charge in [-0.1, -0.05) is 97.5 Å². The Balaban J connectivity index is 3.83. The highest BCUT2D eigenvalue weighted by atomic mass is 16.5. The molecule has 0 aromatic rings. The summed E-state index contributed by atoms with van der Waals surface area (Å²) >= 11 is 0. The summed E-state index contributed by atoms with van der Waals surface area (Å²) in [5.74, 6) is 0.00624. The molecule has 0 rings (SSSR count). The summed E-state index contributed by atoms with van der Waals surface area (Å²) in [6.45, 7) is 7.97. The Labute approximate surface area is 138 Å². The maximum absolute atomic E-state index is 12.0. The first-order valence-electron chi connectivity index (χ1n) is 9.57. The molecule has 0 aliphatic rings. The standard InChI is InChI=1S/C20H38O2/c1-4-7-9-11-12-14-16-18-19(20(21)22-6-3)17-15-13-10-8-5-2/h6,19H,3-5,7-18H2,1-2H3. The number of unbranched alkanes of at least 4 members (excludes halogenated alkanes) is 10. The van der Waals surface area contributed by atoms with Gasteiger partial charge in [0.2, 0.25) is 0 Å². The first-order chi connectivity index (χ1) is 10.8. The highest BCUT2D eigenvalue weighted by Gasteiger charge is 2.18. The van der Waals surface area contributed by atoms with Gasteiger partial charge in [-0.15, -0.1) is 0 Å². The van der Waals surface area contributed by atoms with Crippen molar-refractivity contribution in [3.8, 4) is 0 Å². The van der Waals surface area contributed by atoms with Crippen LogP contribution < -0.4 is 0 Å². The number of hydrogen-bond donors (Lipinski definition) is 0. The Hall–Kier alpha value is -0.790. The van der Waals surface area contributed by atoms with Gasteiger partial charge in [0, 0.05) is 0 Å². The van der Waals surface area contributed by atoms with Crippen LogP contribution in [0, 0.1) is 5.92 Å². The molecule has 0 bridgehead atoms. The number of hydrogen-bond acceptors (Lipinski definition) is 2. The lowest BCUT2D eigenvalue weighted by atomic mass is 9.94. The van der Waals surface area contributed by atoms with E-state index in [1.807, 2.05) is 0 Å². The van der Waals surface area contributed by atoms with Gasteiger partial charge in [0.1, 0.15) is 0 Å². The minimum absolute atomic E-state index is 0.0727. The van der Waals surface area contributed by atoms with Crippen LogP contribution >= 0.6 is 0 Å². The van der Waals surface area contributed by atoms with Gasteiger partial charge >= 0.3 is 5.97 Å². The third-order valence-electron chi connectivity index (χ3n) is 4.35. The van der Waals surface area contributed by atoms with Gasteiger partial charge in [0.25, 0.3) is 0 Å². The maximum atomic E-state index is 12.0. The molecule has 0 aliphatic carbocycles. The SMILES string of the molecule is C=COC(=O)C(CCCCCCC)CCCCCCCCC. The van der Waals surface area contributed by atoms with Gasteiger partial charge in [-0.05, 0) is 12.8 Å². The van der Waals surface area contributed by atoms with Gasteiger partial charge in [-0.25, -0.2) is 0 Å². The molecule has 0 aliphatic heterocycles. The van der Waals surface area contributed by atoms with Crippen molar-refractivity contribution in [2.75, 3.05) is 0 Å². The average Bonchev–Trinajstić information content (AvgIpc) is 2.52. The number of carbonyl (C=O) groups is 1. The molecule has 1 unspecified atom stereocenters. The summed E-state index contributed by atoms with van der Waals surface area (Å²) in [4.78, 5) is 12.0. The highest BCUT2D eigenvalue weighted by molar-refractivity contribution is 5.72. The van der Waals surface area contributed by atoms with Crippen LogP contribution in [0.1, 0.15) is 104 Å². The number of rotatable bonds is 16. The summed E-state index contributed by atoms with van der Waals surface area (Å²) in [5.41, 5.74) is 0. The zero-order valence-corrected chi connectivity index (χ0v) is 15.1. The van der Waals surface area contributed by atoms with Crippen molar-refractivity contribution < 1.29 is 9.53 Å². The van der Waals surface area contributed by atoms with E-state index in [1.54, 1.807) is 0 Å². The summed E-state index contributed by atoms with van der Waals surface area (Å²) in [7, 11) is 0. The van der Waals surface area contributed by atoms with E-state index in [1.165, 1.54) is 70.5 Å². The molecule has 0 fully saturated rings. The fourth-order valence-electron chi connectivity index (χ4n) is 2.90. The minimum atomic E-state index is -0.0727. The fourth-order valence-corrected chi connectivity index (χ4v) is 2.90. The van der Waals surface area contributed by atoms with Crippen molar-refractivity contribution in [1.29, 1.82) is 0 Å². The molecular weight excluding hydrogens is 272 g/mol. The Morgan fingerprint density at radius 3 is 1.64 bits per heavy atom. The lowest BCUT2D eigenvalue weighted by Crippen LogP contribution is -2.16. The van der Waals surface area contributed by atoms with Crippen molar-refractivity contribution in [1.82, 2.24) is 0 Å². The van der Waals surface area contributed by atoms with Crippen LogP contribution in [-0.2, 0) is 9.53 Å². The highest BCUT2D eigenvalue weighted by Crippen LogP contribution is 2.20. The normalized spacial score (nSPS) is 12.1. The van der Waals surface area contributed by atoms with Crippen molar-refractivity contribution in [2.24, 2.45) is 5.92 Å². The van der Waals surface area contributed by atoms with Crippen LogP contribution in [0.4, 0.5) is 0 Å². The molecule has 22 heavy (non-hydrogen) atoms. The molecule has 0 amide bonds. The molecule has 130 valence electrons. The molecule has 2 heteroatoms. The monoisotopic (exact) mass is 310 g/mol. The summed E-state index contributed by atoms with van der Waals surface area (Å²) < 4.78 is 5.02. The Bertz CT molecular complexity index is 260. The van der Waals surface area contributed by atoms with Crippen LogP contribution in [0.5, 0.6) is 0 Å². The van der Waals surface area contributed by atoms with Crippen LogP contribution in [-0.4, -0.2) is 5.97 Å². The van der Waals surface area contributed by atoms with Crippen molar-refractivity contribution in [3.05, 3.63) is 12.8 Å². The van der Waals surface area contributed by atoms with E-state index in [2.05, 4.69) is 20.4 Å². The molecule has 0 spiro atoms. The van der Waals surface area contributed by atoms with Crippen LogP contribution in [0.3, 0.4) is 0 Å². The quantitative estimate of drug-likeness (QED) is 0.178. The largest absolute Gasteiger partial charge is 0.435 e. The third kappa shape index (κ3) is 12.9. The molecule has 0 N–H and O–H groups in total. The van der Waals surface area contributed by atoms with Gasteiger partial charge in [0.05, 0.1) is 12.2 Å². The Morgan fingerprint density at radius 2 is 1.23 bits per heavy atom. The molecule has 0 aromatic carbocycles. The molecule has 1 atom stereocenters. The van der Waals surface area contributed by atoms with Gasteiger partial charge in [0.15, 0.2) is 0 Å². The fraction of sp³-hybridized carbons (Fsp3) is 0.850. The number of esters is 1.